The van der Waals surface area contributed by atoms with Crippen LogP contribution < -0.4 is 11.1 Å². The standard InChI is InChI=1S/C11H25N3O/c1-5-14(11(2,3)9-12)8-6-7-10(15)13-4/h5-9,12H2,1-4H3,(H,13,15). The Morgan fingerprint density at radius 2 is 2.07 bits per heavy atom. The largest absolute Gasteiger partial charge is 0.359 e. The van der Waals surface area contributed by atoms with Gasteiger partial charge in [-0.2, -0.15) is 0 Å². The van der Waals surface area contributed by atoms with Crippen LogP contribution in [0.1, 0.15) is 33.6 Å². The van der Waals surface area contributed by atoms with Gasteiger partial charge < -0.3 is 11.1 Å². The molecule has 0 unspecified atom stereocenters. The Morgan fingerprint density at radius 3 is 2.47 bits per heavy atom. The number of amides is 1. The van der Waals surface area contributed by atoms with E-state index < -0.39 is 0 Å². The van der Waals surface area contributed by atoms with E-state index in [-0.39, 0.29) is 11.4 Å². The van der Waals surface area contributed by atoms with Gasteiger partial charge in [-0.3, -0.25) is 9.69 Å². The molecule has 0 aromatic heterocycles. The highest BCUT2D eigenvalue weighted by Gasteiger charge is 2.23. The van der Waals surface area contributed by atoms with Crippen LogP contribution in [-0.2, 0) is 4.79 Å². The molecule has 0 atom stereocenters. The fourth-order valence-electron chi connectivity index (χ4n) is 1.57. The van der Waals surface area contributed by atoms with Crippen molar-refractivity contribution >= 4 is 5.91 Å². The Bertz CT molecular complexity index is 192. The fourth-order valence-corrected chi connectivity index (χ4v) is 1.57. The van der Waals surface area contributed by atoms with Crippen molar-refractivity contribution in [2.24, 2.45) is 5.73 Å². The van der Waals surface area contributed by atoms with Crippen LogP contribution >= 0.6 is 0 Å². The number of carbonyl (C=O) groups excluding carboxylic acids is 1. The number of likely N-dealkylation sites (N-methyl/N-ethyl adjacent to an activating group) is 1. The summed E-state index contributed by atoms with van der Waals surface area (Å²) in [5.74, 6) is 0.108. The second kappa shape index (κ2) is 6.80. The average Bonchev–Trinajstić information content (AvgIpc) is 2.23. The van der Waals surface area contributed by atoms with Crippen LogP contribution in [0.4, 0.5) is 0 Å². The summed E-state index contributed by atoms with van der Waals surface area (Å²) in [4.78, 5) is 13.4. The van der Waals surface area contributed by atoms with Gasteiger partial charge in [0.25, 0.3) is 0 Å². The van der Waals surface area contributed by atoms with E-state index in [0.29, 0.717) is 13.0 Å². The lowest BCUT2D eigenvalue weighted by molar-refractivity contribution is -0.120. The molecular formula is C11H25N3O. The average molecular weight is 215 g/mol. The predicted octanol–water partition coefficient (Wildman–Crippen LogP) is 0.572. The molecule has 0 aromatic rings. The van der Waals surface area contributed by atoms with E-state index in [9.17, 15) is 4.79 Å². The van der Waals surface area contributed by atoms with Crippen LogP contribution in [0, 0.1) is 0 Å². The van der Waals surface area contributed by atoms with Crippen molar-refractivity contribution in [3.8, 4) is 0 Å². The molecule has 0 rings (SSSR count). The molecule has 15 heavy (non-hydrogen) atoms. The summed E-state index contributed by atoms with van der Waals surface area (Å²) in [6, 6.07) is 0. The van der Waals surface area contributed by atoms with E-state index >= 15 is 0 Å². The Hall–Kier alpha value is -0.610. The summed E-state index contributed by atoms with van der Waals surface area (Å²) in [6.07, 6.45) is 1.48. The number of nitrogens with two attached hydrogens (primary N) is 1. The van der Waals surface area contributed by atoms with Crippen LogP contribution in [0.15, 0.2) is 0 Å². The number of rotatable bonds is 7. The van der Waals surface area contributed by atoms with Crippen molar-refractivity contribution in [1.29, 1.82) is 0 Å². The zero-order chi connectivity index (χ0) is 11.9. The van der Waals surface area contributed by atoms with Gasteiger partial charge in [-0.15, -0.1) is 0 Å². The number of nitrogens with zero attached hydrogens (tertiary/aromatic N) is 1. The second-order valence-corrected chi connectivity index (χ2v) is 4.37. The molecule has 0 fully saturated rings. The monoisotopic (exact) mass is 215 g/mol. The zero-order valence-corrected chi connectivity index (χ0v) is 10.5. The first-order valence-corrected chi connectivity index (χ1v) is 5.63. The van der Waals surface area contributed by atoms with Gasteiger partial charge in [0.15, 0.2) is 0 Å². The van der Waals surface area contributed by atoms with Gasteiger partial charge in [-0.25, -0.2) is 0 Å². The lowest BCUT2D eigenvalue weighted by Crippen LogP contribution is -2.49. The minimum atomic E-state index is 0.0252. The minimum Gasteiger partial charge on any atom is -0.359 e. The van der Waals surface area contributed by atoms with Crippen molar-refractivity contribution in [3.05, 3.63) is 0 Å². The summed E-state index contributed by atoms with van der Waals surface area (Å²) < 4.78 is 0. The van der Waals surface area contributed by atoms with E-state index in [2.05, 4.69) is 31.0 Å². The van der Waals surface area contributed by atoms with Gasteiger partial charge >= 0.3 is 0 Å². The van der Waals surface area contributed by atoms with Gasteiger partial charge in [0, 0.05) is 25.6 Å². The highest BCUT2D eigenvalue weighted by molar-refractivity contribution is 5.75. The molecular weight excluding hydrogens is 190 g/mol. The molecule has 3 N–H and O–H groups in total. The maximum atomic E-state index is 11.0. The van der Waals surface area contributed by atoms with Crippen LogP contribution in [0.2, 0.25) is 0 Å². The quantitative estimate of drug-likeness (QED) is 0.653. The predicted molar refractivity (Wildman–Crippen MR) is 63.7 cm³/mol. The van der Waals surface area contributed by atoms with E-state index in [4.69, 9.17) is 5.73 Å². The Morgan fingerprint density at radius 1 is 1.47 bits per heavy atom. The molecule has 4 nitrogen and oxygen atoms in total. The van der Waals surface area contributed by atoms with E-state index in [0.717, 1.165) is 19.5 Å². The van der Waals surface area contributed by atoms with Crippen LogP contribution in [-0.4, -0.2) is 43.0 Å². The first-order chi connectivity index (χ1) is 6.97. The molecule has 4 heteroatoms. The zero-order valence-electron chi connectivity index (χ0n) is 10.5. The Kier molecular flexibility index (Phi) is 6.52. The molecule has 0 heterocycles. The van der Waals surface area contributed by atoms with Crippen LogP contribution in [0.25, 0.3) is 0 Å². The third-order valence-corrected chi connectivity index (χ3v) is 2.85. The molecule has 0 saturated carbocycles. The summed E-state index contributed by atoms with van der Waals surface area (Å²) in [5, 5.41) is 2.63. The van der Waals surface area contributed by atoms with Gasteiger partial charge in [0.05, 0.1) is 0 Å². The fraction of sp³-hybridized carbons (Fsp3) is 0.909. The summed E-state index contributed by atoms with van der Waals surface area (Å²) in [5.41, 5.74) is 5.74. The molecule has 0 bridgehead atoms. The van der Waals surface area contributed by atoms with Gasteiger partial charge in [0.1, 0.15) is 0 Å². The molecule has 90 valence electrons. The van der Waals surface area contributed by atoms with E-state index in [1.54, 1.807) is 7.05 Å². The lowest BCUT2D eigenvalue weighted by Gasteiger charge is -2.37. The second-order valence-electron chi connectivity index (χ2n) is 4.37. The lowest BCUT2D eigenvalue weighted by atomic mass is 10.0. The van der Waals surface area contributed by atoms with Crippen molar-refractivity contribution in [2.45, 2.75) is 39.2 Å². The molecule has 0 aliphatic heterocycles. The highest BCUT2D eigenvalue weighted by atomic mass is 16.1. The summed E-state index contributed by atoms with van der Waals surface area (Å²) in [6.45, 7) is 8.93. The van der Waals surface area contributed by atoms with Crippen LogP contribution in [0.3, 0.4) is 0 Å². The first kappa shape index (κ1) is 14.4. The Labute approximate surface area is 93.2 Å². The van der Waals surface area contributed by atoms with E-state index in [1.807, 2.05) is 0 Å². The van der Waals surface area contributed by atoms with Crippen molar-refractivity contribution < 1.29 is 4.79 Å². The van der Waals surface area contributed by atoms with Gasteiger partial charge in [-0.1, -0.05) is 6.92 Å². The molecule has 0 aliphatic carbocycles. The molecule has 0 radical (unpaired) electrons. The van der Waals surface area contributed by atoms with Gasteiger partial charge in [0.2, 0.25) is 5.91 Å². The SMILES string of the molecule is CCN(CCCC(=O)NC)C(C)(C)CN. The number of nitrogens with one attached hydrogen (secondary N) is 1. The van der Waals surface area contributed by atoms with Crippen molar-refractivity contribution in [2.75, 3.05) is 26.7 Å². The normalized spacial score (nSPS) is 11.9. The molecule has 0 spiro atoms. The number of hydrogen-bond acceptors (Lipinski definition) is 3. The third-order valence-electron chi connectivity index (χ3n) is 2.85. The maximum Gasteiger partial charge on any atom is 0.219 e. The molecule has 0 aromatic carbocycles. The van der Waals surface area contributed by atoms with Crippen LogP contribution in [0.5, 0.6) is 0 Å². The summed E-state index contributed by atoms with van der Waals surface area (Å²) >= 11 is 0. The smallest absolute Gasteiger partial charge is 0.219 e. The first-order valence-electron chi connectivity index (χ1n) is 5.63. The maximum absolute atomic E-state index is 11.0. The topological polar surface area (TPSA) is 58.4 Å². The van der Waals surface area contributed by atoms with Crippen molar-refractivity contribution in [1.82, 2.24) is 10.2 Å². The molecule has 0 aliphatic rings. The molecule has 0 saturated heterocycles. The Balaban J connectivity index is 3.96. The number of carbonyl (C=O) groups is 1. The highest BCUT2D eigenvalue weighted by Crippen LogP contribution is 2.13. The third kappa shape index (κ3) is 5.14. The summed E-state index contributed by atoms with van der Waals surface area (Å²) in [7, 11) is 1.67. The van der Waals surface area contributed by atoms with Crippen molar-refractivity contribution in [3.63, 3.8) is 0 Å². The minimum absolute atomic E-state index is 0.0252. The van der Waals surface area contributed by atoms with E-state index in [1.165, 1.54) is 0 Å². The molecule has 1 amide bonds. The van der Waals surface area contributed by atoms with Gasteiger partial charge in [-0.05, 0) is 33.4 Å². The number of hydrogen-bond donors (Lipinski definition) is 2.